The van der Waals surface area contributed by atoms with Crippen LogP contribution in [0.25, 0.3) is 0 Å². The van der Waals surface area contributed by atoms with Crippen molar-refractivity contribution in [3.8, 4) is 5.75 Å². The smallest absolute Gasteiger partial charge is 0.339 e. The molecule has 5 heteroatoms. The number of rotatable bonds is 5. The molecule has 0 amide bonds. The molecule has 0 saturated carbocycles. The second kappa shape index (κ2) is 5.67. The van der Waals surface area contributed by atoms with Crippen LogP contribution >= 0.6 is 0 Å². The van der Waals surface area contributed by atoms with Crippen LogP contribution in [0.5, 0.6) is 5.75 Å². The summed E-state index contributed by atoms with van der Waals surface area (Å²) in [5.41, 5.74) is -0.614. The maximum absolute atomic E-state index is 11.1. The second-order valence-electron chi connectivity index (χ2n) is 3.52. The maximum Gasteiger partial charge on any atom is 0.339 e. The fourth-order valence-corrected chi connectivity index (χ4v) is 1.38. The van der Waals surface area contributed by atoms with E-state index in [1.54, 1.807) is 0 Å². The predicted molar refractivity (Wildman–Crippen MR) is 57.4 cm³/mol. The van der Waals surface area contributed by atoms with Gasteiger partial charge in [0.2, 0.25) is 0 Å². The minimum Gasteiger partial charge on any atom is -0.496 e. The molecule has 0 spiro atoms. The number of aliphatic hydroxyl groups is 2. The number of aliphatic hydroxyl groups excluding tert-OH is 2. The third-order valence-electron chi connectivity index (χ3n) is 2.24. The minimum atomic E-state index is -1.21. The fraction of sp³-hybridized carbons (Fsp3) is 0.545. The zero-order valence-electron chi connectivity index (χ0n) is 9.34. The Labute approximate surface area is 93.3 Å². The molecular formula is C11H16O5. The summed E-state index contributed by atoms with van der Waals surface area (Å²) in [7, 11) is 1.41. The summed E-state index contributed by atoms with van der Waals surface area (Å²) in [5, 5.41) is 19.3. The van der Waals surface area contributed by atoms with Crippen molar-refractivity contribution in [2.45, 2.75) is 32.0 Å². The molecule has 0 radical (unpaired) electrons. The lowest BCUT2D eigenvalue weighted by atomic mass is 10.1. The van der Waals surface area contributed by atoms with E-state index in [4.69, 9.17) is 9.15 Å². The van der Waals surface area contributed by atoms with Gasteiger partial charge < -0.3 is 19.4 Å². The van der Waals surface area contributed by atoms with Crippen molar-refractivity contribution in [1.29, 1.82) is 0 Å². The molecule has 0 bridgehead atoms. The number of ether oxygens (including phenoxy) is 1. The fourth-order valence-electron chi connectivity index (χ4n) is 1.38. The van der Waals surface area contributed by atoms with Gasteiger partial charge in [0, 0.05) is 6.07 Å². The van der Waals surface area contributed by atoms with Crippen LogP contribution in [-0.2, 0) is 0 Å². The average Bonchev–Trinajstić information content (AvgIpc) is 2.27. The van der Waals surface area contributed by atoms with E-state index >= 15 is 0 Å². The molecule has 0 fully saturated rings. The first-order valence-electron chi connectivity index (χ1n) is 5.13. The van der Waals surface area contributed by atoms with Gasteiger partial charge in [0.1, 0.15) is 17.6 Å². The Kier molecular flexibility index (Phi) is 4.52. The highest BCUT2D eigenvalue weighted by molar-refractivity contribution is 5.21. The van der Waals surface area contributed by atoms with Crippen molar-refractivity contribution in [2.24, 2.45) is 0 Å². The summed E-state index contributed by atoms with van der Waals surface area (Å²) in [4.78, 5) is 11.1. The molecule has 1 rings (SSSR count). The van der Waals surface area contributed by atoms with E-state index in [1.807, 2.05) is 6.92 Å². The van der Waals surface area contributed by atoms with Gasteiger partial charge in [-0.15, -0.1) is 0 Å². The molecule has 0 aromatic carbocycles. The summed E-state index contributed by atoms with van der Waals surface area (Å²) in [6.07, 6.45) is -0.989. The van der Waals surface area contributed by atoms with E-state index in [1.165, 1.54) is 19.2 Å². The molecule has 0 saturated heterocycles. The zero-order valence-corrected chi connectivity index (χ0v) is 9.34. The highest BCUT2D eigenvalue weighted by atomic mass is 16.5. The predicted octanol–water partition coefficient (Wildman–Crippen LogP) is 0.843. The SMILES string of the molecule is CCCC(O)C(O)c1cc(OC)cc(=O)o1. The van der Waals surface area contributed by atoms with E-state index in [0.29, 0.717) is 12.2 Å². The van der Waals surface area contributed by atoms with Gasteiger partial charge in [0.25, 0.3) is 0 Å². The molecule has 16 heavy (non-hydrogen) atoms. The van der Waals surface area contributed by atoms with Crippen molar-refractivity contribution in [1.82, 2.24) is 0 Å². The van der Waals surface area contributed by atoms with Crippen molar-refractivity contribution >= 4 is 0 Å². The van der Waals surface area contributed by atoms with Crippen LogP contribution in [0.1, 0.15) is 31.6 Å². The monoisotopic (exact) mass is 228 g/mol. The minimum absolute atomic E-state index is 0.0188. The third-order valence-corrected chi connectivity index (χ3v) is 2.24. The molecular weight excluding hydrogens is 212 g/mol. The Bertz CT molecular complexity index is 384. The van der Waals surface area contributed by atoms with E-state index in [9.17, 15) is 15.0 Å². The summed E-state index contributed by atoms with van der Waals surface area (Å²) < 4.78 is 9.68. The first-order chi connectivity index (χ1) is 7.58. The molecule has 1 aromatic rings. The molecule has 2 atom stereocenters. The van der Waals surface area contributed by atoms with Gasteiger partial charge >= 0.3 is 5.63 Å². The summed E-state index contributed by atoms with van der Waals surface area (Å²) >= 11 is 0. The third kappa shape index (κ3) is 3.08. The van der Waals surface area contributed by atoms with Crippen LogP contribution in [-0.4, -0.2) is 23.4 Å². The Morgan fingerprint density at radius 2 is 2.12 bits per heavy atom. The van der Waals surface area contributed by atoms with Crippen molar-refractivity contribution in [2.75, 3.05) is 7.11 Å². The van der Waals surface area contributed by atoms with Crippen LogP contribution in [0, 0.1) is 0 Å². The quantitative estimate of drug-likeness (QED) is 0.780. The number of hydrogen-bond acceptors (Lipinski definition) is 5. The largest absolute Gasteiger partial charge is 0.496 e. The Balaban J connectivity index is 2.94. The Morgan fingerprint density at radius 1 is 1.44 bits per heavy atom. The maximum atomic E-state index is 11.1. The van der Waals surface area contributed by atoms with Crippen molar-refractivity contribution in [3.05, 3.63) is 28.3 Å². The molecule has 0 aliphatic carbocycles. The highest BCUT2D eigenvalue weighted by Gasteiger charge is 2.21. The molecule has 90 valence electrons. The standard InChI is InChI=1S/C11H16O5/c1-3-4-8(12)11(14)9-5-7(15-2)6-10(13)16-9/h5-6,8,11-12,14H,3-4H2,1-2H3. The molecule has 0 aliphatic rings. The zero-order chi connectivity index (χ0) is 12.1. The lowest BCUT2D eigenvalue weighted by molar-refractivity contribution is -0.00124. The van der Waals surface area contributed by atoms with Crippen LogP contribution < -0.4 is 10.4 Å². The van der Waals surface area contributed by atoms with Crippen molar-refractivity contribution < 1.29 is 19.4 Å². The highest BCUT2D eigenvalue weighted by Crippen LogP contribution is 2.21. The van der Waals surface area contributed by atoms with Gasteiger partial charge in [-0.05, 0) is 6.42 Å². The van der Waals surface area contributed by atoms with Gasteiger partial charge in [0.15, 0.2) is 0 Å². The summed E-state index contributed by atoms with van der Waals surface area (Å²) in [6, 6.07) is 2.56. The lowest BCUT2D eigenvalue weighted by Crippen LogP contribution is -2.19. The number of methoxy groups -OCH3 is 1. The lowest BCUT2D eigenvalue weighted by Gasteiger charge is -2.16. The summed E-state index contributed by atoms with van der Waals surface area (Å²) in [6.45, 7) is 1.89. The second-order valence-corrected chi connectivity index (χ2v) is 3.52. The first kappa shape index (κ1) is 12.7. The van der Waals surface area contributed by atoms with E-state index in [0.717, 1.165) is 6.42 Å². The molecule has 1 heterocycles. The van der Waals surface area contributed by atoms with Crippen LogP contribution in [0.3, 0.4) is 0 Å². The Morgan fingerprint density at radius 3 is 2.69 bits per heavy atom. The molecule has 2 unspecified atom stereocenters. The van der Waals surface area contributed by atoms with Gasteiger partial charge in [-0.1, -0.05) is 13.3 Å². The molecule has 1 aromatic heterocycles. The van der Waals surface area contributed by atoms with Gasteiger partial charge in [-0.3, -0.25) is 0 Å². The van der Waals surface area contributed by atoms with E-state index < -0.39 is 17.8 Å². The van der Waals surface area contributed by atoms with Gasteiger partial charge in [0.05, 0.1) is 19.3 Å². The summed E-state index contributed by atoms with van der Waals surface area (Å²) in [5.74, 6) is 0.319. The van der Waals surface area contributed by atoms with E-state index in [-0.39, 0.29) is 5.76 Å². The van der Waals surface area contributed by atoms with Crippen LogP contribution in [0.2, 0.25) is 0 Å². The molecule has 2 N–H and O–H groups in total. The van der Waals surface area contributed by atoms with Gasteiger partial charge in [-0.2, -0.15) is 0 Å². The average molecular weight is 228 g/mol. The van der Waals surface area contributed by atoms with Crippen LogP contribution in [0.4, 0.5) is 0 Å². The topological polar surface area (TPSA) is 79.9 Å². The van der Waals surface area contributed by atoms with Crippen molar-refractivity contribution in [3.63, 3.8) is 0 Å². The number of hydrogen-bond donors (Lipinski definition) is 2. The molecule has 0 aliphatic heterocycles. The Hall–Kier alpha value is -1.33. The first-order valence-corrected chi connectivity index (χ1v) is 5.13. The van der Waals surface area contributed by atoms with Gasteiger partial charge in [-0.25, -0.2) is 4.79 Å². The normalized spacial score (nSPS) is 14.5. The van der Waals surface area contributed by atoms with E-state index in [2.05, 4.69) is 0 Å². The van der Waals surface area contributed by atoms with Crippen LogP contribution in [0.15, 0.2) is 21.3 Å². The molecule has 5 nitrogen and oxygen atoms in total.